The van der Waals surface area contributed by atoms with Gasteiger partial charge < -0.3 is 19.5 Å². The van der Waals surface area contributed by atoms with Crippen LogP contribution in [0.25, 0.3) is 0 Å². The quantitative estimate of drug-likeness (QED) is 0.923. The molecule has 1 N–H and O–H groups in total. The number of hydrogen-bond acceptors (Lipinski definition) is 4. The standard InChI is InChI=1S/C14H20ClNO3/c1-14(6-5-7-16-14)11-9(15)8-10(17-2)12(18-3)13(11)19-4/h8,16H,5-7H2,1-4H3. The number of ether oxygens (including phenoxy) is 3. The maximum atomic E-state index is 6.44. The van der Waals surface area contributed by atoms with Crippen molar-refractivity contribution in [2.75, 3.05) is 27.9 Å². The molecular formula is C14H20ClNO3. The molecule has 1 fully saturated rings. The van der Waals surface area contributed by atoms with Gasteiger partial charge in [0.05, 0.1) is 26.4 Å². The van der Waals surface area contributed by atoms with Gasteiger partial charge in [-0.1, -0.05) is 11.6 Å². The summed E-state index contributed by atoms with van der Waals surface area (Å²) in [5.74, 6) is 1.80. The molecule has 0 saturated carbocycles. The van der Waals surface area contributed by atoms with Crippen molar-refractivity contribution in [1.82, 2.24) is 5.32 Å². The normalized spacial score (nSPS) is 22.4. The minimum atomic E-state index is -0.192. The maximum absolute atomic E-state index is 6.44. The molecule has 1 aliphatic heterocycles. The zero-order valence-electron chi connectivity index (χ0n) is 11.8. The molecule has 1 heterocycles. The highest BCUT2D eigenvalue weighted by Gasteiger charge is 2.37. The third-order valence-electron chi connectivity index (χ3n) is 3.70. The van der Waals surface area contributed by atoms with Gasteiger partial charge in [-0.2, -0.15) is 0 Å². The van der Waals surface area contributed by atoms with E-state index in [4.69, 9.17) is 25.8 Å². The highest BCUT2D eigenvalue weighted by Crippen LogP contribution is 2.49. The molecule has 1 atom stereocenters. The Morgan fingerprint density at radius 3 is 2.32 bits per heavy atom. The highest BCUT2D eigenvalue weighted by molar-refractivity contribution is 6.32. The van der Waals surface area contributed by atoms with E-state index in [0.29, 0.717) is 22.3 Å². The first-order chi connectivity index (χ1) is 9.07. The fourth-order valence-corrected chi connectivity index (χ4v) is 3.14. The second kappa shape index (κ2) is 5.47. The van der Waals surface area contributed by atoms with Gasteiger partial charge in [-0.15, -0.1) is 0 Å². The lowest BCUT2D eigenvalue weighted by atomic mass is 9.89. The fraction of sp³-hybridized carbons (Fsp3) is 0.571. The SMILES string of the molecule is COc1cc(Cl)c(C2(C)CCCN2)c(OC)c1OC. The highest BCUT2D eigenvalue weighted by atomic mass is 35.5. The van der Waals surface area contributed by atoms with Gasteiger partial charge in [0.25, 0.3) is 0 Å². The third kappa shape index (κ3) is 2.35. The summed E-state index contributed by atoms with van der Waals surface area (Å²) in [5.41, 5.74) is 0.744. The Labute approximate surface area is 119 Å². The van der Waals surface area contributed by atoms with Crippen molar-refractivity contribution in [2.24, 2.45) is 0 Å². The Bertz CT molecular complexity index is 470. The first-order valence-corrected chi connectivity index (χ1v) is 6.69. The van der Waals surface area contributed by atoms with E-state index in [9.17, 15) is 0 Å². The van der Waals surface area contributed by atoms with E-state index >= 15 is 0 Å². The van der Waals surface area contributed by atoms with Gasteiger partial charge in [-0.05, 0) is 26.3 Å². The Morgan fingerprint density at radius 1 is 1.16 bits per heavy atom. The molecule has 0 radical (unpaired) electrons. The monoisotopic (exact) mass is 285 g/mol. The third-order valence-corrected chi connectivity index (χ3v) is 4.00. The minimum Gasteiger partial charge on any atom is -0.493 e. The molecule has 1 aromatic carbocycles. The van der Waals surface area contributed by atoms with E-state index in [1.807, 2.05) is 0 Å². The van der Waals surface area contributed by atoms with Gasteiger partial charge in [0.15, 0.2) is 11.5 Å². The van der Waals surface area contributed by atoms with E-state index in [0.717, 1.165) is 24.9 Å². The van der Waals surface area contributed by atoms with Crippen LogP contribution in [0.1, 0.15) is 25.3 Å². The predicted octanol–water partition coefficient (Wildman–Crippen LogP) is 2.96. The molecule has 0 bridgehead atoms. The first kappa shape index (κ1) is 14.3. The summed E-state index contributed by atoms with van der Waals surface area (Å²) in [6.07, 6.45) is 2.13. The van der Waals surface area contributed by atoms with Crippen LogP contribution in [-0.2, 0) is 5.54 Å². The molecule has 19 heavy (non-hydrogen) atoms. The summed E-state index contributed by atoms with van der Waals surface area (Å²) in [7, 11) is 4.81. The number of rotatable bonds is 4. The van der Waals surface area contributed by atoms with Crippen molar-refractivity contribution in [3.05, 3.63) is 16.7 Å². The van der Waals surface area contributed by atoms with Crippen molar-refractivity contribution in [3.63, 3.8) is 0 Å². The Morgan fingerprint density at radius 2 is 1.84 bits per heavy atom. The van der Waals surface area contributed by atoms with E-state index in [-0.39, 0.29) is 5.54 Å². The smallest absolute Gasteiger partial charge is 0.203 e. The molecule has 1 aliphatic rings. The van der Waals surface area contributed by atoms with Crippen LogP contribution in [0.15, 0.2) is 6.07 Å². The van der Waals surface area contributed by atoms with E-state index in [1.165, 1.54) is 0 Å². The van der Waals surface area contributed by atoms with Crippen LogP contribution >= 0.6 is 11.6 Å². The molecule has 0 spiro atoms. The number of nitrogens with one attached hydrogen (secondary N) is 1. The van der Waals surface area contributed by atoms with Gasteiger partial charge in [0, 0.05) is 17.2 Å². The number of hydrogen-bond donors (Lipinski definition) is 1. The topological polar surface area (TPSA) is 39.7 Å². The summed E-state index contributed by atoms with van der Waals surface area (Å²) in [6.45, 7) is 3.11. The fourth-order valence-electron chi connectivity index (χ4n) is 2.75. The molecular weight excluding hydrogens is 266 g/mol. The Kier molecular flexibility index (Phi) is 4.11. The van der Waals surface area contributed by atoms with E-state index in [1.54, 1.807) is 27.4 Å². The number of benzene rings is 1. The van der Waals surface area contributed by atoms with Crippen molar-refractivity contribution < 1.29 is 14.2 Å². The minimum absolute atomic E-state index is 0.192. The van der Waals surface area contributed by atoms with Gasteiger partial charge in [0.1, 0.15) is 0 Å². The molecule has 5 heteroatoms. The van der Waals surface area contributed by atoms with Crippen LogP contribution in [0.5, 0.6) is 17.2 Å². The summed E-state index contributed by atoms with van der Waals surface area (Å²) >= 11 is 6.44. The summed E-state index contributed by atoms with van der Waals surface area (Å²) in [6, 6.07) is 1.78. The van der Waals surface area contributed by atoms with Crippen LogP contribution in [0.4, 0.5) is 0 Å². The predicted molar refractivity (Wildman–Crippen MR) is 75.7 cm³/mol. The number of halogens is 1. The van der Waals surface area contributed by atoms with Crippen LogP contribution in [0.3, 0.4) is 0 Å². The average molecular weight is 286 g/mol. The second-order valence-corrected chi connectivity index (χ2v) is 5.27. The zero-order chi connectivity index (χ0) is 14.0. The lowest BCUT2D eigenvalue weighted by Gasteiger charge is -2.29. The Hall–Kier alpha value is -1.13. The zero-order valence-corrected chi connectivity index (χ0v) is 12.6. The molecule has 1 aromatic rings. The van der Waals surface area contributed by atoms with Gasteiger partial charge in [0.2, 0.25) is 5.75 Å². The van der Waals surface area contributed by atoms with E-state index < -0.39 is 0 Å². The summed E-state index contributed by atoms with van der Waals surface area (Å²) < 4.78 is 16.3. The van der Waals surface area contributed by atoms with Crippen molar-refractivity contribution >= 4 is 11.6 Å². The van der Waals surface area contributed by atoms with Gasteiger partial charge in [-0.25, -0.2) is 0 Å². The first-order valence-electron chi connectivity index (χ1n) is 6.31. The van der Waals surface area contributed by atoms with Gasteiger partial charge >= 0.3 is 0 Å². The molecule has 0 aromatic heterocycles. The molecule has 4 nitrogen and oxygen atoms in total. The van der Waals surface area contributed by atoms with Crippen molar-refractivity contribution in [1.29, 1.82) is 0 Å². The van der Waals surface area contributed by atoms with Crippen LogP contribution < -0.4 is 19.5 Å². The van der Waals surface area contributed by atoms with E-state index in [2.05, 4.69) is 12.2 Å². The lowest BCUT2D eigenvalue weighted by Crippen LogP contribution is -2.34. The second-order valence-electron chi connectivity index (χ2n) is 4.86. The summed E-state index contributed by atoms with van der Waals surface area (Å²) in [5, 5.41) is 4.12. The molecule has 1 unspecified atom stereocenters. The molecule has 2 rings (SSSR count). The Balaban J connectivity index is 2.65. The molecule has 0 aliphatic carbocycles. The summed E-state index contributed by atoms with van der Waals surface area (Å²) in [4.78, 5) is 0. The average Bonchev–Trinajstić information content (AvgIpc) is 2.84. The van der Waals surface area contributed by atoms with Crippen LogP contribution in [-0.4, -0.2) is 27.9 Å². The molecule has 106 valence electrons. The largest absolute Gasteiger partial charge is 0.493 e. The lowest BCUT2D eigenvalue weighted by molar-refractivity contribution is 0.312. The maximum Gasteiger partial charge on any atom is 0.203 e. The van der Waals surface area contributed by atoms with Crippen LogP contribution in [0.2, 0.25) is 5.02 Å². The van der Waals surface area contributed by atoms with Crippen LogP contribution in [0, 0.1) is 0 Å². The van der Waals surface area contributed by atoms with Gasteiger partial charge in [-0.3, -0.25) is 0 Å². The molecule has 0 amide bonds. The van der Waals surface area contributed by atoms with Crippen molar-refractivity contribution in [2.45, 2.75) is 25.3 Å². The molecule has 1 saturated heterocycles. The number of methoxy groups -OCH3 is 3. The van der Waals surface area contributed by atoms with Crippen molar-refractivity contribution in [3.8, 4) is 17.2 Å².